The van der Waals surface area contributed by atoms with Gasteiger partial charge in [0.1, 0.15) is 11.6 Å². The first-order valence-electron chi connectivity index (χ1n) is 14.1. The van der Waals surface area contributed by atoms with Crippen LogP contribution in [0.1, 0.15) is 40.2 Å². The van der Waals surface area contributed by atoms with E-state index in [4.69, 9.17) is 5.10 Å². The average molecular weight is 551 g/mol. The van der Waals surface area contributed by atoms with Crippen molar-refractivity contribution in [2.24, 2.45) is 0 Å². The van der Waals surface area contributed by atoms with Crippen molar-refractivity contribution in [1.29, 1.82) is 0 Å². The first-order chi connectivity index (χ1) is 20.1. The fourth-order valence-electron chi connectivity index (χ4n) is 5.76. The second-order valence-electron chi connectivity index (χ2n) is 10.6. The van der Waals surface area contributed by atoms with Gasteiger partial charge >= 0.3 is 0 Å². The molecular formula is C34H32F2N4O. The van der Waals surface area contributed by atoms with Gasteiger partial charge in [0.2, 0.25) is 0 Å². The molecule has 0 atom stereocenters. The molecule has 41 heavy (non-hydrogen) atoms. The minimum atomic E-state index is -0.258. The fourth-order valence-corrected chi connectivity index (χ4v) is 5.76. The highest BCUT2D eigenvalue weighted by Crippen LogP contribution is 2.31. The van der Waals surface area contributed by atoms with E-state index < -0.39 is 0 Å². The lowest BCUT2D eigenvalue weighted by Gasteiger charge is -2.35. The molecule has 0 unspecified atom stereocenters. The number of rotatable bonds is 8. The lowest BCUT2D eigenvalue weighted by molar-refractivity contribution is 0.0950. The molecule has 5 aromatic rings. The zero-order valence-corrected chi connectivity index (χ0v) is 22.8. The molecule has 0 aliphatic carbocycles. The first-order valence-corrected chi connectivity index (χ1v) is 14.1. The number of aromatic nitrogens is 2. The summed E-state index contributed by atoms with van der Waals surface area (Å²) in [6, 6.07) is 30.4. The maximum Gasteiger partial charge on any atom is 0.278 e. The Labute approximate surface area is 238 Å². The van der Waals surface area contributed by atoms with E-state index in [0.29, 0.717) is 5.56 Å². The summed E-state index contributed by atoms with van der Waals surface area (Å²) < 4.78 is 28.7. The van der Waals surface area contributed by atoms with Gasteiger partial charge in [0.25, 0.3) is 5.91 Å². The van der Waals surface area contributed by atoms with Crippen LogP contribution in [0.2, 0.25) is 0 Å². The van der Waals surface area contributed by atoms with Crippen LogP contribution in [-0.2, 0) is 0 Å². The summed E-state index contributed by atoms with van der Waals surface area (Å²) in [6.07, 6.45) is 1.84. The first kappa shape index (κ1) is 26.8. The smallest absolute Gasteiger partial charge is 0.278 e. The molecule has 1 saturated heterocycles. The second kappa shape index (κ2) is 12.0. The Hall–Kier alpha value is -4.36. The van der Waals surface area contributed by atoms with Crippen molar-refractivity contribution >= 4 is 22.6 Å². The SMILES string of the molecule is O=C(c1ccccc1)n1nc(N2CCN(CCCC(c3ccc(F)cc3)c3ccc(F)cc3)CC2)c2ccccc21. The van der Waals surface area contributed by atoms with E-state index in [2.05, 4.69) is 9.80 Å². The number of carbonyl (C=O) groups is 1. The Morgan fingerprint density at radius 3 is 1.95 bits per heavy atom. The van der Waals surface area contributed by atoms with Crippen LogP contribution >= 0.6 is 0 Å². The van der Waals surface area contributed by atoms with Gasteiger partial charge < -0.3 is 4.90 Å². The van der Waals surface area contributed by atoms with Crippen molar-refractivity contribution in [3.63, 3.8) is 0 Å². The molecule has 0 N–H and O–H groups in total. The predicted molar refractivity (Wildman–Crippen MR) is 158 cm³/mol. The van der Waals surface area contributed by atoms with Crippen LogP contribution in [0, 0.1) is 11.6 Å². The van der Waals surface area contributed by atoms with Crippen LogP contribution in [0.5, 0.6) is 0 Å². The highest BCUT2D eigenvalue weighted by Gasteiger charge is 2.24. The van der Waals surface area contributed by atoms with E-state index in [-0.39, 0.29) is 23.5 Å². The minimum absolute atomic E-state index is 0.0787. The van der Waals surface area contributed by atoms with E-state index >= 15 is 0 Å². The standard InChI is InChI=1S/C34H32F2N4O/c35-28-16-12-25(13-17-28)30(26-14-18-29(36)19-15-26)10-6-20-38-21-23-39(24-22-38)33-31-9-4-5-11-32(31)40(37-33)34(41)27-7-2-1-3-8-27/h1-5,7-9,11-19,30H,6,10,20-24H2. The quantitative estimate of drug-likeness (QED) is 0.215. The van der Waals surface area contributed by atoms with Crippen LogP contribution in [-0.4, -0.2) is 53.3 Å². The van der Waals surface area contributed by atoms with Gasteiger partial charge in [0.05, 0.1) is 5.52 Å². The minimum Gasteiger partial charge on any atom is -0.352 e. The Morgan fingerprint density at radius 2 is 1.32 bits per heavy atom. The number of benzene rings is 4. The number of piperazine rings is 1. The summed E-state index contributed by atoms with van der Waals surface area (Å²) in [5.41, 5.74) is 3.49. The van der Waals surface area contributed by atoms with Crippen molar-refractivity contribution < 1.29 is 13.6 Å². The average Bonchev–Trinajstić information content (AvgIpc) is 3.41. The van der Waals surface area contributed by atoms with E-state index in [9.17, 15) is 13.6 Å². The number of carbonyl (C=O) groups excluding carboxylic acids is 1. The highest BCUT2D eigenvalue weighted by molar-refractivity contribution is 6.03. The molecule has 5 nitrogen and oxygen atoms in total. The Kier molecular flexibility index (Phi) is 7.87. The number of anilines is 1. The normalized spacial score (nSPS) is 14.2. The topological polar surface area (TPSA) is 41.4 Å². The molecule has 0 saturated carbocycles. The van der Waals surface area contributed by atoms with Gasteiger partial charge in [-0.1, -0.05) is 54.6 Å². The molecule has 0 bridgehead atoms. The van der Waals surface area contributed by atoms with Crippen molar-refractivity contribution in [1.82, 2.24) is 14.7 Å². The van der Waals surface area contributed by atoms with Crippen LogP contribution in [0.15, 0.2) is 103 Å². The number of hydrogen-bond acceptors (Lipinski definition) is 4. The Balaban J connectivity index is 1.11. The summed E-state index contributed by atoms with van der Waals surface area (Å²) in [6.45, 7) is 4.37. The summed E-state index contributed by atoms with van der Waals surface area (Å²) in [4.78, 5) is 18.0. The number of halogens is 2. The Bertz CT molecular complexity index is 1560. The van der Waals surface area contributed by atoms with Gasteiger partial charge in [-0.25, -0.2) is 8.78 Å². The maximum atomic E-state index is 13.6. The van der Waals surface area contributed by atoms with Crippen LogP contribution < -0.4 is 4.90 Å². The number of para-hydroxylation sites is 1. The number of hydrogen-bond donors (Lipinski definition) is 0. The number of fused-ring (bicyclic) bond motifs is 1. The van der Waals surface area contributed by atoms with Crippen LogP contribution in [0.3, 0.4) is 0 Å². The third-order valence-electron chi connectivity index (χ3n) is 7.96. The summed E-state index contributed by atoms with van der Waals surface area (Å²) in [5, 5.41) is 5.78. The Morgan fingerprint density at radius 1 is 0.732 bits per heavy atom. The van der Waals surface area contributed by atoms with E-state index in [1.54, 1.807) is 0 Å². The third-order valence-corrected chi connectivity index (χ3v) is 7.96. The molecular weight excluding hydrogens is 518 g/mol. The monoisotopic (exact) mass is 550 g/mol. The van der Waals surface area contributed by atoms with Crippen LogP contribution in [0.4, 0.5) is 14.6 Å². The molecule has 1 aliphatic rings. The van der Waals surface area contributed by atoms with Gasteiger partial charge in [0, 0.05) is 43.0 Å². The lowest BCUT2D eigenvalue weighted by Crippen LogP contribution is -2.47. The molecule has 1 aromatic heterocycles. The lowest BCUT2D eigenvalue weighted by atomic mass is 9.87. The van der Waals surface area contributed by atoms with Crippen molar-refractivity contribution in [2.75, 3.05) is 37.6 Å². The van der Waals surface area contributed by atoms with E-state index in [0.717, 1.165) is 73.4 Å². The summed E-state index contributed by atoms with van der Waals surface area (Å²) in [7, 11) is 0. The van der Waals surface area contributed by atoms with Gasteiger partial charge in [-0.2, -0.15) is 4.68 Å². The van der Waals surface area contributed by atoms with Gasteiger partial charge in [-0.05, 0) is 79.0 Å². The molecule has 4 aromatic carbocycles. The van der Waals surface area contributed by atoms with Gasteiger partial charge in [-0.3, -0.25) is 9.69 Å². The van der Waals surface area contributed by atoms with Crippen molar-refractivity contribution in [3.8, 4) is 0 Å². The third kappa shape index (κ3) is 5.91. The molecule has 1 fully saturated rings. The summed E-state index contributed by atoms with van der Waals surface area (Å²) in [5.74, 6) is 0.272. The molecule has 208 valence electrons. The predicted octanol–water partition coefficient (Wildman–Crippen LogP) is 6.74. The van der Waals surface area contributed by atoms with Gasteiger partial charge in [0.15, 0.2) is 5.82 Å². The van der Waals surface area contributed by atoms with Gasteiger partial charge in [-0.15, -0.1) is 5.10 Å². The largest absolute Gasteiger partial charge is 0.352 e. The van der Waals surface area contributed by atoms with Crippen molar-refractivity contribution in [2.45, 2.75) is 18.8 Å². The van der Waals surface area contributed by atoms with Crippen molar-refractivity contribution in [3.05, 3.63) is 131 Å². The molecule has 2 heterocycles. The fraction of sp³-hybridized carbons (Fsp3) is 0.235. The van der Waals surface area contributed by atoms with Crippen LogP contribution in [0.25, 0.3) is 10.9 Å². The second-order valence-corrected chi connectivity index (χ2v) is 10.6. The highest BCUT2D eigenvalue weighted by atomic mass is 19.1. The number of nitrogens with zero attached hydrogens (tertiary/aromatic N) is 4. The summed E-state index contributed by atoms with van der Waals surface area (Å²) >= 11 is 0. The molecule has 6 rings (SSSR count). The zero-order chi connectivity index (χ0) is 28.2. The molecule has 0 spiro atoms. The molecule has 0 amide bonds. The van der Waals surface area contributed by atoms with E-state index in [1.807, 2.05) is 78.9 Å². The zero-order valence-electron chi connectivity index (χ0n) is 22.8. The molecule has 7 heteroatoms. The maximum absolute atomic E-state index is 13.6. The molecule has 0 radical (unpaired) electrons. The van der Waals surface area contributed by atoms with E-state index in [1.165, 1.54) is 28.9 Å². The molecule has 1 aliphatic heterocycles.